The van der Waals surface area contributed by atoms with Crippen LogP contribution in [-0.4, -0.2) is 28.2 Å². The number of aromatic nitrogens is 1. The van der Waals surface area contributed by atoms with Crippen molar-refractivity contribution in [1.29, 1.82) is 0 Å². The Morgan fingerprint density at radius 1 is 1.04 bits per heavy atom. The Bertz CT molecular complexity index is 908. The third kappa shape index (κ3) is 2.99. The normalized spacial score (nSPS) is 16.2. The third-order valence-corrected chi connectivity index (χ3v) is 5.42. The highest BCUT2D eigenvalue weighted by Crippen LogP contribution is 2.32. The van der Waals surface area contributed by atoms with E-state index in [2.05, 4.69) is 60.7 Å². The molecule has 0 radical (unpaired) electrons. The smallest absolute Gasteiger partial charge is 0.0969 e. The fraction of sp³-hybridized carbons (Fsp3) is 0.364. The molecular weight excluding hydrogens is 308 g/mol. The van der Waals surface area contributed by atoms with Crippen LogP contribution in [0.4, 0.5) is 0 Å². The number of aliphatic hydroxyl groups excluding tert-OH is 1. The summed E-state index contributed by atoms with van der Waals surface area (Å²) in [4.78, 5) is 2.36. The van der Waals surface area contributed by atoms with Gasteiger partial charge in [-0.2, -0.15) is 0 Å². The highest BCUT2D eigenvalue weighted by atomic mass is 16.3. The summed E-state index contributed by atoms with van der Waals surface area (Å²) in [7, 11) is 2.17. The van der Waals surface area contributed by atoms with Crippen molar-refractivity contribution in [3.8, 4) is 0 Å². The van der Waals surface area contributed by atoms with Gasteiger partial charge in [0.15, 0.2) is 0 Å². The van der Waals surface area contributed by atoms with Gasteiger partial charge in [0, 0.05) is 29.7 Å². The zero-order chi connectivity index (χ0) is 17.6. The Kier molecular flexibility index (Phi) is 4.14. The number of hydrogen-bond acceptors (Lipinski definition) is 2. The summed E-state index contributed by atoms with van der Waals surface area (Å²) in [6.45, 7) is 6.87. The molecule has 0 saturated heterocycles. The third-order valence-electron chi connectivity index (χ3n) is 5.42. The number of benzene rings is 2. The van der Waals surface area contributed by atoms with E-state index >= 15 is 0 Å². The monoisotopic (exact) mass is 334 g/mol. The van der Waals surface area contributed by atoms with E-state index in [9.17, 15) is 5.11 Å². The molecule has 1 atom stereocenters. The van der Waals surface area contributed by atoms with Gasteiger partial charge < -0.3 is 14.6 Å². The lowest BCUT2D eigenvalue weighted by molar-refractivity contribution is 0.155. The van der Waals surface area contributed by atoms with E-state index in [1.54, 1.807) is 0 Å². The second-order valence-electron chi connectivity index (χ2n) is 7.47. The minimum atomic E-state index is -0.492. The molecule has 1 unspecified atom stereocenters. The zero-order valence-electron chi connectivity index (χ0n) is 15.3. The van der Waals surface area contributed by atoms with Crippen molar-refractivity contribution in [1.82, 2.24) is 9.47 Å². The Balaban J connectivity index is 1.78. The van der Waals surface area contributed by atoms with Gasteiger partial charge in [0.2, 0.25) is 0 Å². The quantitative estimate of drug-likeness (QED) is 0.785. The van der Waals surface area contributed by atoms with Crippen LogP contribution in [0.5, 0.6) is 0 Å². The second-order valence-corrected chi connectivity index (χ2v) is 7.47. The van der Waals surface area contributed by atoms with Gasteiger partial charge in [0.1, 0.15) is 0 Å². The fourth-order valence-corrected chi connectivity index (χ4v) is 3.96. The van der Waals surface area contributed by atoms with E-state index < -0.39 is 6.10 Å². The molecule has 0 saturated carbocycles. The summed E-state index contributed by atoms with van der Waals surface area (Å²) in [5.74, 6) is 0. The molecule has 3 aromatic rings. The molecule has 4 rings (SSSR count). The van der Waals surface area contributed by atoms with Crippen molar-refractivity contribution in [3.63, 3.8) is 0 Å². The Hall–Kier alpha value is -2.10. The van der Waals surface area contributed by atoms with Crippen molar-refractivity contribution in [2.24, 2.45) is 0 Å². The molecule has 1 aliphatic heterocycles. The molecule has 0 spiro atoms. The first-order valence-electron chi connectivity index (χ1n) is 9.06. The van der Waals surface area contributed by atoms with Gasteiger partial charge in [-0.15, -0.1) is 0 Å². The molecule has 2 heterocycles. The van der Waals surface area contributed by atoms with E-state index in [1.165, 1.54) is 33.3 Å². The first-order valence-corrected chi connectivity index (χ1v) is 9.06. The van der Waals surface area contributed by atoms with Crippen LogP contribution < -0.4 is 0 Å². The topological polar surface area (TPSA) is 28.4 Å². The largest absolute Gasteiger partial charge is 0.387 e. The van der Waals surface area contributed by atoms with Crippen molar-refractivity contribution >= 4 is 10.9 Å². The molecular formula is C22H26N2O. The van der Waals surface area contributed by atoms with Gasteiger partial charge in [-0.25, -0.2) is 0 Å². The summed E-state index contributed by atoms with van der Waals surface area (Å²) in [6.07, 6.45) is 0.591. The standard InChI is InChI=1S/C22H26N2O/c1-15-4-7-17(8-5-15)22(25)14-24-20-9-6-16(2)12-19(20)18-10-11-23(3)13-21(18)24/h4-9,12,22,25H,10-11,13-14H2,1-3H3. The predicted octanol–water partition coefficient (Wildman–Crippen LogP) is 3.98. The van der Waals surface area contributed by atoms with Crippen molar-refractivity contribution in [2.45, 2.75) is 39.5 Å². The van der Waals surface area contributed by atoms with E-state index in [0.29, 0.717) is 6.54 Å². The SMILES string of the molecule is Cc1ccc(C(O)Cn2c3c(c4cc(C)ccc42)CCN(C)C3)cc1. The van der Waals surface area contributed by atoms with Gasteiger partial charge in [-0.05, 0) is 50.6 Å². The number of aryl methyl sites for hydroxylation is 2. The Morgan fingerprint density at radius 3 is 2.52 bits per heavy atom. The highest BCUT2D eigenvalue weighted by molar-refractivity contribution is 5.86. The molecule has 3 nitrogen and oxygen atoms in total. The van der Waals surface area contributed by atoms with Crippen LogP contribution >= 0.6 is 0 Å². The maximum Gasteiger partial charge on any atom is 0.0969 e. The van der Waals surface area contributed by atoms with Gasteiger partial charge >= 0.3 is 0 Å². The molecule has 1 N–H and O–H groups in total. The zero-order valence-corrected chi connectivity index (χ0v) is 15.3. The lowest BCUT2D eigenvalue weighted by Gasteiger charge is -2.25. The van der Waals surface area contributed by atoms with Crippen LogP contribution in [0.25, 0.3) is 10.9 Å². The molecule has 1 aliphatic rings. The average molecular weight is 334 g/mol. The second kappa shape index (κ2) is 6.32. The van der Waals surface area contributed by atoms with Crippen LogP contribution in [-0.2, 0) is 19.5 Å². The molecule has 2 aromatic carbocycles. The number of nitrogens with zero attached hydrogens (tertiary/aromatic N) is 2. The lowest BCUT2D eigenvalue weighted by atomic mass is 10.0. The molecule has 0 amide bonds. The number of aliphatic hydroxyl groups is 1. The minimum Gasteiger partial charge on any atom is -0.387 e. The summed E-state index contributed by atoms with van der Waals surface area (Å²) < 4.78 is 2.34. The average Bonchev–Trinajstić information content (AvgIpc) is 2.88. The van der Waals surface area contributed by atoms with Crippen LogP contribution in [0.1, 0.15) is 34.1 Å². The molecule has 130 valence electrons. The molecule has 3 heteroatoms. The van der Waals surface area contributed by atoms with Gasteiger partial charge in [-0.1, -0.05) is 41.5 Å². The van der Waals surface area contributed by atoms with Gasteiger partial charge in [0.25, 0.3) is 0 Å². The first kappa shape index (κ1) is 16.4. The molecule has 0 fully saturated rings. The lowest BCUT2D eigenvalue weighted by Crippen LogP contribution is -2.28. The van der Waals surface area contributed by atoms with E-state index in [1.807, 2.05) is 12.1 Å². The van der Waals surface area contributed by atoms with E-state index in [4.69, 9.17) is 0 Å². The van der Waals surface area contributed by atoms with Crippen LogP contribution in [0.3, 0.4) is 0 Å². The van der Waals surface area contributed by atoms with E-state index in [-0.39, 0.29) is 0 Å². The summed E-state index contributed by atoms with van der Waals surface area (Å²) >= 11 is 0. The number of rotatable bonds is 3. The maximum absolute atomic E-state index is 10.8. The first-order chi connectivity index (χ1) is 12.0. The minimum absolute atomic E-state index is 0.492. The fourth-order valence-electron chi connectivity index (χ4n) is 3.96. The molecule has 1 aromatic heterocycles. The predicted molar refractivity (Wildman–Crippen MR) is 103 cm³/mol. The van der Waals surface area contributed by atoms with Crippen LogP contribution in [0.15, 0.2) is 42.5 Å². The number of hydrogen-bond donors (Lipinski definition) is 1. The van der Waals surface area contributed by atoms with Crippen LogP contribution in [0.2, 0.25) is 0 Å². The van der Waals surface area contributed by atoms with E-state index in [0.717, 1.165) is 25.1 Å². The Labute approximate surface area is 149 Å². The highest BCUT2D eigenvalue weighted by Gasteiger charge is 2.23. The van der Waals surface area contributed by atoms with Gasteiger partial charge in [0.05, 0.1) is 12.6 Å². The summed E-state index contributed by atoms with van der Waals surface area (Å²) in [6, 6.07) is 14.9. The molecule has 0 aliphatic carbocycles. The summed E-state index contributed by atoms with van der Waals surface area (Å²) in [5, 5.41) is 12.2. The van der Waals surface area contributed by atoms with Crippen molar-refractivity contribution in [3.05, 3.63) is 70.4 Å². The maximum atomic E-state index is 10.8. The summed E-state index contributed by atoms with van der Waals surface area (Å²) in [5.41, 5.74) is 7.57. The van der Waals surface area contributed by atoms with Crippen LogP contribution in [0, 0.1) is 13.8 Å². The van der Waals surface area contributed by atoms with Crippen molar-refractivity contribution < 1.29 is 5.11 Å². The molecule has 0 bridgehead atoms. The molecule has 25 heavy (non-hydrogen) atoms. The number of fused-ring (bicyclic) bond motifs is 3. The van der Waals surface area contributed by atoms with Gasteiger partial charge in [-0.3, -0.25) is 0 Å². The van der Waals surface area contributed by atoms with Crippen molar-refractivity contribution in [2.75, 3.05) is 13.6 Å². The number of likely N-dealkylation sites (N-methyl/N-ethyl adjacent to an activating group) is 1. The Morgan fingerprint density at radius 2 is 1.76 bits per heavy atom.